The molecule has 0 radical (unpaired) electrons. The van der Waals surface area contributed by atoms with E-state index in [4.69, 9.17) is 5.14 Å². The van der Waals surface area contributed by atoms with Crippen LogP contribution in [0.25, 0.3) is 0 Å². The Morgan fingerprint density at radius 1 is 1.40 bits per heavy atom. The summed E-state index contributed by atoms with van der Waals surface area (Å²) in [5.74, 6) is 1.57. The molecular formula is C13H22IN7O2S2. The molecule has 2 aromatic rings. The summed E-state index contributed by atoms with van der Waals surface area (Å²) in [5, 5.41) is 19.3. The molecule has 0 aliphatic carbocycles. The summed E-state index contributed by atoms with van der Waals surface area (Å²) in [6.45, 7) is 3.89. The van der Waals surface area contributed by atoms with Crippen LogP contribution in [0.2, 0.25) is 0 Å². The first-order chi connectivity index (χ1) is 11.4. The number of halogens is 1. The number of thiophene rings is 1. The van der Waals surface area contributed by atoms with E-state index in [9.17, 15) is 8.42 Å². The van der Waals surface area contributed by atoms with Gasteiger partial charge in [0.1, 0.15) is 16.4 Å². The third kappa shape index (κ3) is 6.52. The number of hydrogen-bond donors (Lipinski definition) is 3. The summed E-state index contributed by atoms with van der Waals surface area (Å²) >= 11 is 1.14. The molecule has 0 aromatic carbocycles. The number of aromatic nitrogens is 3. The molecule has 0 atom stereocenters. The van der Waals surface area contributed by atoms with E-state index >= 15 is 0 Å². The number of primary sulfonamides is 1. The molecule has 0 spiro atoms. The molecule has 0 aliphatic heterocycles. The summed E-state index contributed by atoms with van der Waals surface area (Å²) in [7, 11) is -1.97. The highest BCUT2D eigenvalue weighted by atomic mass is 127. The molecule has 4 N–H and O–H groups in total. The lowest BCUT2D eigenvalue weighted by Gasteiger charge is -2.12. The molecule has 0 bridgehead atoms. The van der Waals surface area contributed by atoms with E-state index < -0.39 is 10.0 Å². The van der Waals surface area contributed by atoms with Crippen LogP contribution < -0.4 is 15.8 Å². The van der Waals surface area contributed by atoms with Gasteiger partial charge in [0, 0.05) is 31.4 Å². The Morgan fingerprint density at radius 2 is 2.16 bits per heavy atom. The molecule has 0 saturated heterocycles. The highest BCUT2D eigenvalue weighted by Gasteiger charge is 2.11. The number of aryl methyl sites for hydroxylation is 1. The van der Waals surface area contributed by atoms with Crippen molar-refractivity contribution in [2.45, 2.75) is 30.6 Å². The SMILES string of the molecule is CCc1nncn1CCNC(=NC)NCc1ccc(S(N)(=O)=O)s1.I. The maximum atomic E-state index is 11.3. The van der Waals surface area contributed by atoms with Gasteiger partial charge in [0.25, 0.3) is 0 Å². The highest BCUT2D eigenvalue weighted by molar-refractivity contribution is 14.0. The topological polar surface area (TPSA) is 127 Å². The average Bonchev–Trinajstić information content (AvgIpc) is 3.19. The number of nitrogens with two attached hydrogens (primary N) is 1. The first kappa shape index (κ1) is 21.8. The fourth-order valence-corrected chi connectivity index (χ4v) is 3.75. The molecule has 0 unspecified atom stereocenters. The number of nitrogens with one attached hydrogen (secondary N) is 2. The maximum absolute atomic E-state index is 11.3. The van der Waals surface area contributed by atoms with E-state index in [0.29, 0.717) is 19.0 Å². The van der Waals surface area contributed by atoms with E-state index in [1.54, 1.807) is 19.4 Å². The second kappa shape index (κ2) is 10.0. The van der Waals surface area contributed by atoms with Gasteiger partial charge in [0.15, 0.2) is 5.96 Å². The average molecular weight is 499 g/mol. The van der Waals surface area contributed by atoms with Gasteiger partial charge in [-0.15, -0.1) is 45.5 Å². The zero-order chi connectivity index (χ0) is 17.6. The third-order valence-electron chi connectivity index (χ3n) is 3.23. The molecule has 0 amide bonds. The Kier molecular flexibility index (Phi) is 8.75. The van der Waals surface area contributed by atoms with Crippen LogP contribution in [0.4, 0.5) is 0 Å². The fourth-order valence-electron chi connectivity index (χ4n) is 2.03. The van der Waals surface area contributed by atoms with Gasteiger partial charge in [-0.3, -0.25) is 4.99 Å². The number of aliphatic imine (C=N–C) groups is 1. The maximum Gasteiger partial charge on any atom is 0.247 e. The predicted molar refractivity (Wildman–Crippen MR) is 109 cm³/mol. The number of hydrogen-bond acceptors (Lipinski definition) is 6. The van der Waals surface area contributed by atoms with E-state index in [1.165, 1.54) is 6.07 Å². The van der Waals surface area contributed by atoms with Crippen molar-refractivity contribution in [1.29, 1.82) is 0 Å². The third-order valence-corrected chi connectivity index (χ3v) is 5.75. The van der Waals surface area contributed by atoms with Crippen molar-refractivity contribution in [1.82, 2.24) is 25.4 Å². The van der Waals surface area contributed by atoms with Crippen LogP contribution in [0.5, 0.6) is 0 Å². The van der Waals surface area contributed by atoms with Gasteiger partial charge in [-0.25, -0.2) is 13.6 Å². The summed E-state index contributed by atoms with van der Waals surface area (Å²) in [6, 6.07) is 3.24. The van der Waals surface area contributed by atoms with Gasteiger partial charge in [-0.05, 0) is 12.1 Å². The molecule has 12 heteroatoms. The van der Waals surface area contributed by atoms with Gasteiger partial charge in [0.05, 0.1) is 6.54 Å². The van der Waals surface area contributed by atoms with Crippen LogP contribution in [-0.2, 0) is 29.5 Å². The normalized spacial score (nSPS) is 11.9. The number of guanidine groups is 1. The smallest absolute Gasteiger partial charge is 0.247 e. The van der Waals surface area contributed by atoms with Crippen molar-refractivity contribution in [3.63, 3.8) is 0 Å². The highest BCUT2D eigenvalue weighted by Crippen LogP contribution is 2.19. The molecule has 140 valence electrons. The molecule has 2 rings (SSSR count). The molecule has 25 heavy (non-hydrogen) atoms. The van der Waals surface area contributed by atoms with Crippen molar-refractivity contribution < 1.29 is 8.42 Å². The largest absolute Gasteiger partial charge is 0.355 e. The molecule has 0 saturated carbocycles. The summed E-state index contributed by atoms with van der Waals surface area (Å²) in [6.07, 6.45) is 2.54. The van der Waals surface area contributed by atoms with Crippen LogP contribution in [0.3, 0.4) is 0 Å². The summed E-state index contributed by atoms with van der Waals surface area (Å²) < 4.78 is 24.7. The summed E-state index contributed by atoms with van der Waals surface area (Å²) in [4.78, 5) is 4.99. The quantitative estimate of drug-likeness (QED) is 0.290. The lowest BCUT2D eigenvalue weighted by molar-refractivity contribution is 0.600. The van der Waals surface area contributed by atoms with Crippen molar-refractivity contribution in [2.24, 2.45) is 10.1 Å². The molecule has 0 fully saturated rings. The Hall–Kier alpha value is -1.25. The van der Waals surface area contributed by atoms with Gasteiger partial charge in [-0.2, -0.15) is 0 Å². The van der Waals surface area contributed by atoms with Crippen molar-refractivity contribution in [3.8, 4) is 0 Å². The van der Waals surface area contributed by atoms with Crippen LogP contribution in [0.15, 0.2) is 27.7 Å². The van der Waals surface area contributed by atoms with E-state index in [1.807, 2.05) is 11.5 Å². The molecular weight excluding hydrogens is 477 g/mol. The second-order valence-electron chi connectivity index (χ2n) is 4.91. The van der Waals surface area contributed by atoms with Gasteiger partial charge in [-0.1, -0.05) is 6.92 Å². The van der Waals surface area contributed by atoms with Gasteiger partial charge < -0.3 is 15.2 Å². The predicted octanol–water partition coefficient (Wildman–Crippen LogP) is 0.533. The second-order valence-corrected chi connectivity index (χ2v) is 7.87. The van der Waals surface area contributed by atoms with Crippen molar-refractivity contribution >= 4 is 51.3 Å². The minimum Gasteiger partial charge on any atom is -0.355 e. The Morgan fingerprint density at radius 3 is 2.76 bits per heavy atom. The van der Waals surface area contributed by atoms with Gasteiger partial charge >= 0.3 is 0 Å². The van der Waals surface area contributed by atoms with Crippen LogP contribution in [0.1, 0.15) is 17.6 Å². The minimum atomic E-state index is -3.64. The molecule has 2 aromatic heterocycles. The lowest BCUT2D eigenvalue weighted by Crippen LogP contribution is -2.38. The van der Waals surface area contributed by atoms with E-state index in [2.05, 4.69) is 25.8 Å². The zero-order valence-corrected chi connectivity index (χ0v) is 17.9. The Balaban J connectivity index is 0.00000312. The Bertz CT molecular complexity index is 801. The van der Waals surface area contributed by atoms with Crippen molar-refractivity contribution in [3.05, 3.63) is 29.2 Å². The summed E-state index contributed by atoms with van der Waals surface area (Å²) in [5.41, 5.74) is 0. The van der Waals surface area contributed by atoms with E-state index in [-0.39, 0.29) is 28.2 Å². The molecule has 2 heterocycles. The number of sulfonamides is 1. The molecule has 9 nitrogen and oxygen atoms in total. The van der Waals surface area contributed by atoms with Gasteiger partial charge in [0.2, 0.25) is 10.0 Å². The van der Waals surface area contributed by atoms with Crippen molar-refractivity contribution in [2.75, 3.05) is 13.6 Å². The number of nitrogens with zero attached hydrogens (tertiary/aromatic N) is 4. The minimum absolute atomic E-state index is 0. The Labute approximate surface area is 168 Å². The standard InChI is InChI=1S/C13H21N7O2S2.HI/c1-3-11-19-18-9-20(11)7-6-16-13(15-2)17-8-10-4-5-12(23-10)24(14,21)22;/h4-5,9H,3,6-8H2,1-2H3,(H2,14,21,22)(H2,15,16,17);1H. The monoisotopic (exact) mass is 499 g/mol. The lowest BCUT2D eigenvalue weighted by atomic mass is 10.4. The first-order valence-corrected chi connectivity index (χ1v) is 9.73. The van der Waals surface area contributed by atoms with Crippen LogP contribution in [-0.4, -0.2) is 42.7 Å². The fraction of sp³-hybridized carbons (Fsp3) is 0.462. The van der Waals surface area contributed by atoms with E-state index in [0.717, 1.165) is 35.0 Å². The molecule has 0 aliphatic rings. The number of rotatable bonds is 7. The van der Waals surface area contributed by atoms with Crippen LogP contribution >= 0.6 is 35.3 Å². The van der Waals surface area contributed by atoms with Crippen LogP contribution in [0, 0.1) is 0 Å². The zero-order valence-electron chi connectivity index (χ0n) is 14.0. The first-order valence-electron chi connectivity index (χ1n) is 7.36.